The lowest BCUT2D eigenvalue weighted by atomic mass is 9.92. The van der Waals surface area contributed by atoms with Crippen molar-refractivity contribution >= 4 is 39.1 Å². The second-order valence-corrected chi connectivity index (χ2v) is 12.2. The summed E-state index contributed by atoms with van der Waals surface area (Å²) in [7, 11) is -3.84. The number of carbonyl (C=O) groups excluding carboxylic acids is 1. The molecule has 2 aromatic carbocycles. The van der Waals surface area contributed by atoms with Crippen molar-refractivity contribution in [2.45, 2.75) is 50.2 Å². The maximum atomic E-state index is 15.6. The molecule has 1 saturated heterocycles. The third-order valence-electron chi connectivity index (χ3n) is 6.79. The highest BCUT2D eigenvalue weighted by atomic mass is 35.5. The molecule has 0 bridgehead atoms. The number of nitrogens with one attached hydrogen (secondary N) is 1. The molecule has 6 nitrogen and oxygen atoms in total. The Bertz CT molecular complexity index is 1260. The van der Waals surface area contributed by atoms with E-state index in [0.717, 1.165) is 30.7 Å². The highest BCUT2D eigenvalue weighted by molar-refractivity contribution is 7.89. The lowest BCUT2D eigenvalue weighted by Crippen LogP contribution is -2.45. The standard InChI is InChI=1S/C25H28Cl2F2N2O4S/c1-15(17-5-6-20(26)21(27)11-17)31-9-7-25(29,8-10-31)14-35-23-13-22(28)19(12-18(23)16-3-4-16)24(32)30-36(2,33)34/h5-6,11-13,15-16H,3-4,7-10,14H2,1-2H3,(H,30,32). The van der Waals surface area contributed by atoms with Crippen molar-refractivity contribution in [2.24, 2.45) is 0 Å². The van der Waals surface area contributed by atoms with Crippen molar-refractivity contribution < 1.29 is 26.7 Å². The van der Waals surface area contributed by atoms with Crippen LogP contribution < -0.4 is 9.46 Å². The van der Waals surface area contributed by atoms with E-state index in [1.165, 1.54) is 6.07 Å². The van der Waals surface area contributed by atoms with Crippen molar-refractivity contribution in [3.05, 3.63) is 62.9 Å². The average molecular weight is 561 g/mol. The van der Waals surface area contributed by atoms with Crippen LogP contribution in [-0.4, -0.2) is 50.8 Å². The Morgan fingerprint density at radius 1 is 1.19 bits per heavy atom. The number of halogens is 4. The maximum absolute atomic E-state index is 15.6. The minimum Gasteiger partial charge on any atom is -0.490 e. The van der Waals surface area contributed by atoms with Crippen molar-refractivity contribution in [1.29, 1.82) is 0 Å². The Morgan fingerprint density at radius 2 is 1.86 bits per heavy atom. The minimum absolute atomic E-state index is 0.0337. The van der Waals surface area contributed by atoms with Gasteiger partial charge in [-0.3, -0.25) is 9.69 Å². The lowest BCUT2D eigenvalue weighted by molar-refractivity contribution is 0.00614. The number of piperidine rings is 1. The molecule has 36 heavy (non-hydrogen) atoms. The zero-order chi connectivity index (χ0) is 26.3. The van der Waals surface area contributed by atoms with Crippen LogP contribution in [0.15, 0.2) is 30.3 Å². The van der Waals surface area contributed by atoms with Crippen LogP contribution in [0.5, 0.6) is 5.75 Å². The van der Waals surface area contributed by atoms with Crippen LogP contribution in [0.2, 0.25) is 10.0 Å². The molecule has 2 fully saturated rings. The SMILES string of the molecule is CC(c1ccc(Cl)c(Cl)c1)N1CCC(F)(COc2cc(F)c(C(=O)NS(C)(=O)=O)cc2C2CC2)CC1. The quantitative estimate of drug-likeness (QED) is 0.452. The van der Waals surface area contributed by atoms with Crippen molar-refractivity contribution in [1.82, 2.24) is 9.62 Å². The number of hydrogen-bond acceptors (Lipinski definition) is 5. The largest absolute Gasteiger partial charge is 0.490 e. The minimum atomic E-state index is -3.84. The smallest absolute Gasteiger partial charge is 0.267 e. The predicted octanol–water partition coefficient (Wildman–Crippen LogP) is 5.64. The molecule has 196 valence electrons. The van der Waals surface area contributed by atoms with Gasteiger partial charge in [0.2, 0.25) is 10.0 Å². The van der Waals surface area contributed by atoms with Gasteiger partial charge in [0.05, 0.1) is 21.9 Å². The highest BCUT2D eigenvalue weighted by Crippen LogP contribution is 2.45. The summed E-state index contributed by atoms with van der Waals surface area (Å²) in [5, 5.41) is 0.960. The van der Waals surface area contributed by atoms with Crippen LogP contribution in [-0.2, 0) is 10.0 Å². The molecular weight excluding hydrogens is 533 g/mol. The first kappa shape index (κ1) is 27.1. The van der Waals surface area contributed by atoms with E-state index in [-0.39, 0.29) is 42.7 Å². The van der Waals surface area contributed by atoms with Crippen molar-refractivity contribution in [2.75, 3.05) is 26.0 Å². The number of rotatable bonds is 8. The summed E-state index contributed by atoms with van der Waals surface area (Å²) >= 11 is 12.2. The monoisotopic (exact) mass is 560 g/mol. The van der Waals surface area contributed by atoms with Gasteiger partial charge in [-0.2, -0.15) is 0 Å². The number of hydrogen-bond donors (Lipinski definition) is 1. The lowest BCUT2D eigenvalue weighted by Gasteiger charge is -2.39. The van der Waals surface area contributed by atoms with Crippen LogP contribution in [0.4, 0.5) is 8.78 Å². The van der Waals surface area contributed by atoms with E-state index >= 15 is 4.39 Å². The Hall–Kier alpha value is -1.94. The summed E-state index contributed by atoms with van der Waals surface area (Å²) in [5.41, 5.74) is -0.382. The summed E-state index contributed by atoms with van der Waals surface area (Å²) in [6.45, 7) is 2.81. The first-order valence-corrected chi connectivity index (χ1v) is 14.4. The first-order chi connectivity index (χ1) is 16.8. The van der Waals surface area contributed by atoms with E-state index in [1.807, 2.05) is 19.1 Å². The van der Waals surface area contributed by atoms with Gasteiger partial charge >= 0.3 is 0 Å². The predicted molar refractivity (Wildman–Crippen MR) is 136 cm³/mol. The van der Waals surface area contributed by atoms with Crippen molar-refractivity contribution in [3.63, 3.8) is 0 Å². The molecule has 4 rings (SSSR count). The Morgan fingerprint density at radius 3 is 2.44 bits per heavy atom. The second kappa shape index (κ2) is 10.4. The van der Waals surface area contributed by atoms with Gasteiger partial charge in [-0.25, -0.2) is 21.9 Å². The fraction of sp³-hybridized carbons (Fsp3) is 0.480. The van der Waals surface area contributed by atoms with E-state index in [1.54, 1.807) is 10.8 Å². The number of nitrogens with zero attached hydrogens (tertiary/aromatic N) is 1. The fourth-order valence-electron chi connectivity index (χ4n) is 4.45. The van der Waals surface area contributed by atoms with E-state index in [2.05, 4.69) is 4.90 Å². The number of carbonyl (C=O) groups is 1. The number of sulfonamides is 1. The summed E-state index contributed by atoms with van der Waals surface area (Å²) < 4.78 is 60.7. The number of alkyl halides is 1. The molecule has 0 spiro atoms. The Labute approximate surface area is 220 Å². The van der Waals surface area contributed by atoms with Gasteiger partial charge < -0.3 is 4.74 Å². The fourth-order valence-corrected chi connectivity index (χ4v) is 5.21. The van der Waals surface area contributed by atoms with E-state index in [0.29, 0.717) is 28.7 Å². The molecule has 1 amide bonds. The molecular formula is C25H28Cl2F2N2O4S. The van der Waals surface area contributed by atoms with Gasteiger partial charge in [-0.15, -0.1) is 0 Å². The molecule has 11 heteroatoms. The Kier molecular flexibility index (Phi) is 7.86. The molecule has 1 heterocycles. The van der Waals surface area contributed by atoms with Gasteiger partial charge in [0.1, 0.15) is 23.8 Å². The maximum Gasteiger partial charge on any atom is 0.267 e. The highest BCUT2D eigenvalue weighted by Gasteiger charge is 2.38. The molecule has 0 radical (unpaired) electrons. The molecule has 1 aliphatic carbocycles. The average Bonchev–Trinajstić information content (AvgIpc) is 3.64. The zero-order valence-electron chi connectivity index (χ0n) is 20.0. The van der Waals surface area contributed by atoms with Crippen LogP contribution >= 0.6 is 23.2 Å². The third kappa shape index (κ3) is 6.49. The summed E-state index contributed by atoms with van der Waals surface area (Å²) in [6, 6.07) is 7.88. The summed E-state index contributed by atoms with van der Waals surface area (Å²) in [4.78, 5) is 14.4. The topological polar surface area (TPSA) is 75.7 Å². The molecule has 1 aliphatic heterocycles. The van der Waals surface area contributed by atoms with Gasteiger partial charge in [0.25, 0.3) is 5.91 Å². The molecule has 0 aromatic heterocycles. The van der Waals surface area contributed by atoms with Crippen LogP contribution in [0.1, 0.15) is 66.1 Å². The number of benzene rings is 2. The molecule has 1 atom stereocenters. The first-order valence-electron chi connectivity index (χ1n) is 11.7. The second-order valence-electron chi connectivity index (χ2n) is 9.67. The number of likely N-dealkylation sites (tertiary alicyclic amines) is 1. The van der Waals surface area contributed by atoms with Gasteiger partial charge in [-0.05, 0) is 67.9 Å². The van der Waals surface area contributed by atoms with Gasteiger partial charge in [-0.1, -0.05) is 29.3 Å². The Balaban J connectivity index is 1.41. The van der Waals surface area contributed by atoms with Crippen LogP contribution in [0.3, 0.4) is 0 Å². The molecule has 1 unspecified atom stereocenters. The van der Waals surface area contributed by atoms with Gasteiger partial charge in [0, 0.05) is 25.2 Å². The van der Waals surface area contributed by atoms with Crippen LogP contribution in [0.25, 0.3) is 0 Å². The van der Waals surface area contributed by atoms with E-state index < -0.39 is 27.4 Å². The van der Waals surface area contributed by atoms with E-state index in [9.17, 15) is 17.6 Å². The number of amides is 1. The molecule has 1 N–H and O–H groups in total. The van der Waals surface area contributed by atoms with E-state index in [4.69, 9.17) is 27.9 Å². The normalized spacial score (nSPS) is 19.1. The summed E-state index contributed by atoms with van der Waals surface area (Å²) in [6.07, 6.45) is 2.97. The molecule has 2 aromatic rings. The molecule has 1 saturated carbocycles. The third-order valence-corrected chi connectivity index (χ3v) is 8.09. The molecule has 2 aliphatic rings. The zero-order valence-corrected chi connectivity index (χ0v) is 22.3. The van der Waals surface area contributed by atoms with Crippen LogP contribution in [0, 0.1) is 5.82 Å². The summed E-state index contributed by atoms with van der Waals surface area (Å²) in [5.74, 6) is -1.72. The number of ether oxygens (including phenoxy) is 1. The van der Waals surface area contributed by atoms with Gasteiger partial charge in [0.15, 0.2) is 0 Å². The van der Waals surface area contributed by atoms with Crippen molar-refractivity contribution in [3.8, 4) is 5.75 Å².